The van der Waals surface area contributed by atoms with Crippen LogP contribution in [0.4, 0.5) is 11.4 Å². The third kappa shape index (κ3) is 4.30. The quantitative estimate of drug-likeness (QED) is 0.898. The molecule has 3 rings (SSSR count). The number of carbonyl (C=O) groups is 1. The average Bonchev–Trinajstić information content (AvgIpc) is 2.62. The van der Waals surface area contributed by atoms with E-state index in [0.29, 0.717) is 0 Å². The first-order valence-corrected chi connectivity index (χ1v) is 9.56. The molecule has 0 unspecified atom stereocenters. The van der Waals surface area contributed by atoms with Gasteiger partial charge < -0.3 is 15.1 Å². The highest BCUT2D eigenvalue weighted by molar-refractivity contribution is 5.99. The number of piperazine rings is 1. The monoisotopic (exact) mass is 366 g/mol. The molecule has 0 radical (unpaired) electrons. The molecule has 0 spiro atoms. The van der Waals surface area contributed by atoms with Crippen LogP contribution in [0.1, 0.15) is 26.3 Å². The van der Waals surface area contributed by atoms with Gasteiger partial charge in [0.25, 0.3) is 0 Å². The smallest absolute Gasteiger partial charge is 0.229 e. The summed E-state index contributed by atoms with van der Waals surface area (Å²) >= 11 is 0. The van der Waals surface area contributed by atoms with Crippen LogP contribution in [0.3, 0.4) is 0 Å². The molecule has 0 atom stereocenters. The first kappa shape index (κ1) is 19.4. The van der Waals surface area contributed by atoms with Crippen molar-refractivity contribution in [2.75, 3.05) is 43.4 Å². The minimum Gasteiger partial charge on any atom is -0.368 e. The summed E-state index contributed by atoms with van der Waals surface area (Å²) in [5.74, 6) is -0.00789. The lowest BCUT2D eigenvalue weighted by atomic mass is 9.94. The lowest BCUT2D eigenvalue weighted by molar-refractivity contribution is -0.123. The number of amides is 1. The second-order valence-corrected chi connectivity index (χ2v) is 8.38. The third-order valence-corrected chi connectivity index (χ3v) is 5.11. The van der Waals surface area contributed by atoms with Crippen LogP contribution in [0.15, 0.2) is 36.7 Å². The van der Waals surface area contributed by atoms with Crippen molar-refractivity contribution in [2.24, 2.45) is 5.41 Å². The van der Waals surface area contributed by atoms with Gasteiger partial charge in [-0.2, -0.15) is 0 Å². The van der Waals surface area contributed by atoms with Crippen LogP contribution < -0.4 is 10.2 Å². The molecule has 1 fully saturated rings. The maximum absolute atomic E-state index is 12.6. The number of benzene rings is 1. The number of carbonyl (C=O) groups excluding carboxylic acids is 1. The summed E-state index contributed by atoms with van der Waals surface area (Å²) in [7, 11) is 2.16. The Bertz CT molecular complexity index is 817. The van der Waals surface area contributed by atoms with Crippen molar-refractivity contribution in [1.29, 1.82) is 0 Å². The molecule has 1 aliphatic heterocycles. The number of hydrogen-bond acceptors (Lipinski definition) is 4. The van der Waals surface area contributed by atoms with Gasteiger partial charge in [-0.1, -0.05) is 32.9 Å². The Morgan fingerprint density at radius 2 is 1.81 bits per heavy atom. The van der Waals surface area contributed by atoms with Crippen LogP contribution in [0, 0.1) is 12.3 Å². The molecule has 5 nitrogen and oxygen atoms in total. The Hall–Kier alpha value is -2.40. The van der Waals surface area contributed by atoms with Gasteiger partial charge in [-0.25, -0.2) is 0 Å². The Labute approximate surface area is 162 Å². The lowest BCUT2D eigenvalue weighted by Crippen LogP contribution is -2.44. The van der Waals surface area contributed by atoms with E-state index in [4.69, 9.17) is 0 Å². The molecule has 2 aromatic rings. The van der Waals surface area contributed by atoms with Gasteiger partial charge in [-0.05, 0) is 31.7 Å². The van der Waals surface area contributed by atoms with Gasteiger partial charge in [0, 0.05) is 54.6 Å². The molecule has 1 N–H and O–H groups in total. The zero-order chi connectivity index (χ0) is 19.6. The predicted octanol–water partition coefficient (Wildman–Crippen LogP) is 3.79. The summed E-state index contributed by atoms with van der Waals surface area (Å²) in [6.45, 7) is 12.0. The lowest BCUT2D eigenvalue weighted by Gasteiger charge is -2.35. The molecule has 1 aromatic carbocycles. The fourth-order valence-corrected chi connectivity index (χ4v) is 3.34. The van der Waals surface area contributed by atoms with Crippen molar-refractivity contribution in [2.45, 2.75) is 27.7 Å². The van der Waals surface area contributed by atoms with Crippen molar-refractivity contribution < 1.29 is 4.79 Å². The third-order valence-electron chi connectivity index (χ3n) is 5.11. The first-order chi connectivity index (χ1) is 12.8. The van der Waals surface area contributed by atoms with Crippen molar-refractivity contribution in [1.82, 2.24) is 9.88 Å². The van der Waals surface area contributed by atoms with E-state index in [1.54, 1.807) is 12.4 Å². The summed E-state index contributed by atoms with van der Waals surface area (Å²) in [5.41, 5.74) is 4.92. The summed E-state index contributed by atoms with van der Waals surface area (Å²) in [6.07, 6.45) is 3.54. The summed E-state index contributed by atoms with van der Waals surface area (Å²) in [4.78, 5) is 21.6. The van der Waals surface area contributed by atoms with E-state index in [-0.39, 0.29) is 5.91 Å². The topological polar surface area (TPSA) is 48.5 Å². The van der Waals surface area contributed by atoms with E-state index in [0.717, 1.165) is 37.4 Å². The van der Waals surface area contributed by atoms with E-state index in [2.05, 4.69) is 52.3 Å². The van der Waals surface area contributed by atoms with Gasteiger partial charge in [0.1, 0.15) is 0 Å². The van der Waals surface area contributed by atoms with Crippen molar-refractivity contribution >= 4 is 17.3 Å². The Balaban J connectivity index is 2.03. The van der Waals surface area contributed by atoms with Gasteiger partial charge in [0.2, 0.25) is 5.91 Å². The van der Waals surface area contributed by atoms with Gasteiger partial charge >= 0.3 is 0 Å². The molecule has 0 aliphatic carbocycles. The zero-order valence-electron chi connectivity index (χ0n) is 17.0. The number of nitrogens with zero attached hydrogens (tertiary/aromatic N) is 3. The number of rotatable bonds is 3. The molecule has 144 valence electrons. The molecule has 0 bridgehead atoms. The van der Waals surface area contributed by atoms with Crippen LogP contribution >= 0.6 is 0 Å². The highest BCUT2D eigenvalue weighted by Gasteiger charge is 2.24. The second kappa shape index (κ2) is 7.69. The molecule has 5 heteroatoms. The number of hydrogen-bond donors (Lipinski definition) is 1. The SMILES string of the molecule is Cc1cccc(N2CCN(C)CC2)c1-c1ccncc1NC(=O)C(C)(C)C. The number of aromatic nitrogens is 1. The minimum atomic E-state index is -0.459. The number of nitrogens with one attached hydrogen (secondary N) is 1. The molecule has 1 aliphatic rings. The van der Waals surface area contributed by atoms with E-state index in [1.165, 1.54) is 16.8 Å². The number of anilines is 2. The standard InChI is InChI=1S/C22H30N4O/c1-16-7-6-8-19(26-13-11-25(5)12-14-26)20(16)17-9-10-23-15-18(17)24-21(27)22(2,3)4/h6-10,15H,11-14H2,1-5H3,(H,24,27). The molecule has 2 heterocycles. The van der Waals surface area contributed by atoms with Gasteiger partial charge in [0.05, 0.1) is 11.9 Å². The maximum Gasteiger partial charge on any atom is 0.229 e. The van der Waals surface area contributed by atoms with Crippen LogP contribution in [-0.2, 0) is 4.79 Å². The number of aryl methyl sites for hydroxylation is 1. The Morgan fingerprint density at radius 3 is 2.48 bits per heavy atom. The van der Waals surface area contributed by atoms with E-state index in [9.17, 15) is 4.79 Å². The second-order valence-electron chi connectivity index (χ2n) is 8.38. The minimum absolute atomic E-state index is 0.00789. The van der Waals surface area contributed by atoms with Gasteiger partial charge in [0.15, 0.2) is 0 Å². The van der Waals surface area contributed by atoms with E-state index >= 15 is 0 Å². The summed E-state index contributed by atoms with van der Waals surface area (Å²) < 4.78 is 0. The highest BCUT2D eigenvalue weighted by atomic mass is 16.2. The Kier molecular flexibility index (Phi) is 5.51. The molecule has 1 saturated heterocycles. The zero-order valence-corrected chi connectivity index (χ0v) is 17.0. The largest absolute Gasteiger partial charge is 0.368 e. The van der Waals surface area contributed by atoms with Crippen LogP contribution in [0.2, 0.25) is 0 Å². The molecule has 27 heavy (non-hydrogen) atoms. The number of likely N-dealkylation sites (N-methyl/N-ethyl adjacent to an activating group) is 1. The Morgan fingerprint density at radius 1 is 1.11 bits per heavy atom. The normalized spacial score (nSPS) is 15.7. The van der Waals surface area contributed by atoms with Crippen LogP contribution in [0.25, 0.3) is 11.1 Å². The summed E-state index contributed by atoms with van der Waals surface area (Å²) in [6, 6.07) is 8.43. The van der Waals surface area contributed by atoms with E-state index < -0.39 is 5.41 Å². The average molecular weight is 367 g/mol. The van der Waals surface area contributed by atoms with Crippen LogP contribution in [-0.4, -0.2) is 49.0 Å². The predicted molar refractivity (Wildman–Crippen MR) is 112 cm³/mol. The molecule has 1 aromatic heterocycles. The fraction of sp³-hybridized carbons (Fsp3) is 0.455. The fourth-order valence-electron chi connectivity index (χ4n) is 3.34. The van der Waals surface area contributed by atoms with Crippen molar-refractivity contribution in [3.63, 3.8) is 0 Å². The molecule has 1 amide bonds. The van der Waals surface area contributed by atoms with Gasteiger partial charge in [-0.3, -0.25) is 9.78 Å². The van der Waals surface area contributed by atoms with Gasteiger partial charge in [-0.15, -0.1) is 0 Å². The molecular formula is C22H30N4O. The number of pyridine rings is 1. The molecular weight excluding hydrogens is 336 g/mol. The van der Waals surface area contributed by atoms with Crippen molar-refractivity contribution in [3.8, 4) is 11.1 Å². The molecule has 0 saturated carbocycles. The van der Waals surface area contributed by atoms with E-state index in [1.807, 2.05) is 26.8 Å². The highest BCUT2D eigenvalue weighted by Crippen LogP contribution is 2.38. The first-order valence-electron chi connectivity index (χ1n) is 9.56. The maximum atomic E-state index is 12.6. The van der Waals surface area contributed by atoms with Crippen molar-refractivity contribution in [3.05, 3.63) is 42.2 Å². The van der Waals surface area contributed by atoms with Crippen LogP contribution in [0.5, 0.6) is 0 Å². The summed E-state index contributed by atoms with van der Waals surface area (Å²) in [5, 5.41) is 3.09.